The van der Waals surface area contributed by atoms with Crippen LogP contribution in [0.2, 0.25) is 0 Å². The molecule has 0 unspecified atom stereocenters. The van der Waals surface area contributed by atoms with Crippen LogP contribution in [0.25, 0.3) is 0 Å². The highest BCUT2D eigenvalue weighted by Crippen LogP contribution is 2.27. The maximum absolute atomic E-state index is 13.5. The summed E-state index contributed by atoms with van der Waals surface area (Å²) in [7, 11) is 0. The summed E-state index contributed by atoms with van der Waals surface area (Å²) in [6.45, 7) is -0.333. The second kappa shape index (κ2) is 6.49. The predicted octanol–water partition coefficient (Wildman–Crippen LogP) is 4.19. The van der Waals surface area contributed by atoms with Gasteiger partial charge < -0.3 is 4.74 Å². The minimum absolute atomic E-state index is 0.0171. The molecule has 0 saturated heterocycles. The molecule has 0 saturated carbocycles. The Morgan fingerprint density at radius 1 is 1.19 bits per heavy atom. The Bertz CT molecular complexity index is 659. The van der Waals surface area contributed by atoms with E-state index in [2.05, 4.69) is 0 Å². The van der Waals surface area contributed by atoms with Gasteiger partial charge >= 0.3 is 0 Å². The fourth-order valence-electron chi connectivity index (χ4n) is 1.74. The quantitative estimate of drug-likeness (QED) is 0.472. The minimum Gasteiger partial charge on any atom is -0.488 e. The Kier molecular flexibility index (Phi) is 4.70. The molecule has 2 rings (SSSR count). The third-order valence-electron chi connectivity index (χ3n) is 2.83. The van der Waals surface area contributed by atoms with Crippen molar-refractivity contribution in [3.63, 3.8) is 0 Å². The van der Waals surface area contributed by atoms with Crippen molar-refractivity contribution in [1.29, 1.82) is 0 Å². The van der Waals surface area contributed by atoms with Gasteiger partial charge in [-0.3, -0.25) is 10.1 Å². The molecule has 4 nitrogen and oxygen atoms in total. The first-order valence-electron chi connectivity index (χ1n) is 5.92. The largest absolute Gasteiger partial charge is 0.488 e. The first-order chi connectivity index (χ1) is 10.0. The van der Waals surface area contributed by atoms with Gasteiger partial charge in [-0.2, -0.15) is 0 Å². The van der Waals surface area contributed by atoms with Gasteiger partial charge in [0.1, 0.15) is 24.0 Å². The SMILES string of the molecule is O=[N+]([O-])c1ccc(OCc2c(F)cccc2F)c(CCl)c1. The number of hydrogen-bond donors (Lipinski definition) is 0. The lowest BCUT2D eigenvalue weighted by Crippen LogP contribution is -2.03. The van der Waals surface area contributed by atoms with Gasteiger partial charge in [0.15, 0.2) is 0 Å². The van der Waals surface area contributed by atoms with E-state index in [4.69, 9.17) is 16.3 Å². The molecule has 0 radical (unpaired) electrons. The van der Waals surface area contributed by atoms with Crippen LogP contribution in [0.4, 0.5) is 14.5 Å². The van der Waals surface area contributed by atoms with E-state index in [0.717, 1.165) is 12.1 Å². The van der Waals surface area contributed by atoms with E-state index >= 15 is 0 Å². The normalized spacial score (nSPS) is 10.4. The Morgan fingerprint density at radius 3 is 2.43 bits per heavy atom. The number of non-ortho nitro benzene ring substituents is 1. The van der Waals surface area contributed by atoms with Gasteiger partial charge in [-0.1, -0.05) is 6.07 Å². The molecule has 0 spiro atoms. The lowest BCUT2D eigenvalue weighted by Gasteiger charge is -2.11. The molecule has 0 N–H and O–H groups in total. The third-order valence-corrected chi connectivity index (χ3v) is 3.12. The van der Waals surface area contributed by atoms with Gasteiger partial charge in [0.2, 0.25) is 0 Å². The molecule has 0 atom stereocenters. The molecule has 0 aromatic heterocycles. The van der Waals surface area contributed by atoms with Crippen LogP contribution in [0, 0.1) is 21.7 Å². The maximum Gasteiger partial charge on any atom is 0.270 e. The molecular weight excluding hydrogens is 304 g/mol. The van der Waals surface area contributed by atoms with Crippen molar-refractivity contribution in [2.75, 3.05) is 0 Å². The fraction of sp³-hybridized carbons (Fsp3) is 0.143. The molecule has 110 valence electrons. The summed E-state index contributed by atoms with van der Waals surface area (Å²) >= 11 is 5.70. The van der Waals surface area contributed by atoms with Gasteiger partial charge in [0.05, 0.1) is 16.4 Å². The van der Waals surface area contributed by atoms with Crippen molar-refractivity contribution in [1.82, 2.24) is 0 Å². The summed E-state index contributed by atoms with van der Waals surface area (Å²) in [6.07, 6.45) is 0. The summed E-state index contributed by atoms with van der Waals surface area (Å²) in [5.74, 6) is -1.21. The van der Waals surface area contributed by atoms with Crippen LogP contribution in [0.3, 0.4) is 0 Å². The Hall–Kier alpha value is -2.21. The number of ether oxygens (including phenoxy) is 1. The Morgan fingerprint density at radius 2 is 1.86 bits per heavy atom. The number of nitro benzene ring substituents is 1. The number of nitrogens with zero attached hydrogens (tertiary/aromatic N) is 1. The van der Waals surface area contributed by atoms with Crippen molar-refractivity contribution in [3.05, 3.63) is 69.3 Å². The number of hydrogen-bond acceptors (Lipinski definition) is 3. The van der Waals surface area contributed by atoms with Crippen LogP contribution in [0.1, 0.15) is 11.1 Å². The summed E-state index contributed by atoms with van der Waals surface area (Å²) in [6, 6.07) is 7.36. The van der Waals surface area contributed by atoms with Gasteiger partial charge in [0.25, 0.3) is 5.69 Å². The third kappa shape index (κ3) is 3.46. The van der Waals surface area contributed by atoms with E-state index in [9.17, 15) is 18.9 Å². The van der Waals surface area contributed by atoms with Crippen LogP contribution in [-0.2, 0) is 12.5 Å². The van der Waals surface area contributed by atoms with Crippen molar-refractivity contribution in [2.45, 2.75) is 12.5 Å². The first kappa shape index (κ1) is 15.2. The average Bonchev–Trinajstić information content (AvgIpc) is 2.46. The monoisotopic (exact) mass is 313 g/mol. The number of rotatable bonds is 5. The molecule has 21 heavy (non-hydrogen) atoms. The second-order valence-corrected chi connectivity index (χ2v) is 4.44. The molecule has 2 aromatic carbocycles. The Labute approximate surface area is 124 Å². The summed E-state index contributed by atoms with van der Waals surface area (Å²) in [5, 5.41) is 10.7. The minimum atomic E-state index is -0.718. The van der Waals surface area contributed by atoms with Crippen molar-refractivity contribution >= 4 is 17.3 Å². The maximum atomic E-state index is 13.5. The fourth-order valence-corrected chi connectivity index (χ4v) is 1.95. The molecule has 0 heterocycles. The van der Waals surface area contributed by atoms with Crippen molar-refractivity contribution in [3.8, 4) is 5.75 Å². The zero-order valence-corrected chi connectivity index (χ0v) is 11.4. The number of halogens is 3. The molecule has 0 aliphatic heterocycles. The van der Waals surface area contributed by atoms with E-state index in [-0.39, 0.29) is 29.5 Å². The van der Waals surface area contributed by atoms with Crippen LogP contribution >= 0.6 is 11.6 Å². The summed E-state index contributed by atoms with van der Waals surface area (Å²) in [4.78, 5) is 10.1. The molecular formula is C14H10ClF2NO3. The van der Waals surface area contributed by atoms with Crippen LogP contribution in [0.5, 0.6) is 5.75 Å². The molecule has 0 fully saturated rings. The molecule has 0 aliphatic rings. The molecule has 2 aromatic rings. The van der Waals surface area contributed by atoms with E-state index in [1.807, 2.05) is 0 Å². The van der Waals surface area contributed by atoms with E-state index in [1.165, 1.54) is 24.3 Å². The lowest BCUT2D eigenvalue weighted by molar-refractivity contribution is -0.384. The highest BCUT2D eigenvalue weighted by molar-refractivity contribution is 6.17. The predicted molar refractivity (Wildman–Crippen MR) is 73.3 cm³/mol. The smallest absolute Gasteiger partial charge is 0.270 e. The second-order valence-electron chi connectivity index (χ2n) is 4.17. The summed E-state index contributed by atoms with van der Waals surface area (Å²) in [5.41, 5.74) is 0.0362. The zero-order chi connectivity index (χ0) is 15.4. The lowest BCUT2D eigenvalue weighted by atomic mass is 10.2. The molecule has 0 bridgehead atoms. The Balaban J connectivity index is 2.22. The van der Waals surface area contributed by atoms with Crippen LogP contribution in [0.15, 0.2) is 36.4 Å². The molecule has 7 heteroatoms. The topological polar surface area (TPSA) is 52.4 Å². The van der Waals surface area contributed by atoms with Crippen molar-refractivity contribution < 1.29 is 18.4 Å². The average molecular weight is 314 g/mol. The highest BCUT2D eigenvalue weighted by atomic mass is 35.5. The number of alkyl halides is 1. The first-order valence-corrected chi connectivity index (χ1v) is 6.45. The van der Waals surface area contributed by atoms with Crippen LogP contribution in [-0.4, -0.2) is 4.92 Å². The standard InChI is InChI=1S/C14H10ClF2NO3/c15-7-9-6-10(18(19)20)4-5-14(9)21-8-11-12(16)2-1-3-13(11)17/h1-6H,7-8H2. The van der Waals surface area contributed by atoms with Gasteiger partial charge in [0, 0.05) is 17.7 Å². The number of nitro groups is 1. The zero-order valence-electron chi connectivity index (χ0n) is 10.7. The van der Waals surface area contributed by atoms with Gasteiger partial charge in [-0.15, -0.1) is 11.6 Å². The van der Waals surface area contributed by atoms with E-state index in [1.54, 1.807) is 0 Å². The van der Waals surface area contributed by atoms with Crippen molar-refractivity contribution in [2.24, 2.45) is 0 Å². The summed E-state index contributed by atoms with van der Waals surface area (Å²) < 4.78 is 32.3. The van der Waals surface area contributed by atoms with Crippen LogP contribution < -0.4 is 4.74 Å². The highest BCUT2D eigenvalue weighted by Gasteiger charge is 2.13. The number of benzene rings is 2. The van der Waals surface area contributed by atoms with E-state index < -0.39 is 16.6 Å². The van der Waals surface area contributed by atoms with E-state index in [0.29, 0.717) is 5.56 Å². The van der Waals surface area contributed by atoms with Gasteiger partial charge in [-0.05, 0) is 18.2 Å². The van der Waals surface area contributed by atoms with Gasteiger partial charge in [-0.25, -0.2) is 8.78 Å². The molecule has 0 amide bonds. The molecule has 0 aliphatic carbocycles.